The summed E-state index contributed by atoms with van der Waals surface area (Å²) in [6.07, 6.45) is 1.35. The summed E-state index contributed by atoms with van der Waals surface area (Å²) in [7, 11) is -2.04. The number of oxime groups is 1. The van der Waals surface area contributed by atoms with Gasteiger partial charge in [0.15, 0.2) is 21.6 Å². The predicted octanol–water partition coefficient (Wildman–Crippen LogP) is 1.49. The molecule has 0 saturated heterocycles. The standard InChI is InChI=1S/C21H30N4O6S/c1-6-30-19(27)16-14-7-10-25(18(26)17(14)24(5)22-16)12-21(8-9-21)32(28,29)20(3,4)15-11-13(2)23-31-15/h15H,6-12H2,1-5H3. The highest BCUT2D eigenvalue weighted by Crippen LogP contribution is 2.51. The topological polar surface area (TPSA) is 120 Å². The first-order valence-electron chi connectivity index (χ1n) is 10.9. The maximum absolute atomic E-state index is 13.7. The van der Waals surface area contributed by atoms with Gasteiger partial charge in [0, 0.05) is 32.1 Å². The van der Waals surface area contributed by atoms with Crippen LogP contribution in [0.15, 0.2) is 5.16 Å². The van der Waals surface area contributed by atoms with Gasteiger partial charge in [-0.05, 0) is 47.0 Å². The zero-order chi connectivity index (χ0) is 23.5. The largest absolute Gasteiger partial charge is 0.461 e. The van der Waals surface area contributed by atoms with Crippen molar-refractivity contribution in [3.63, 3.8) is 0 Å². The Hall–Kier alpha value is -2.43. The lowest BCUT2D eigenvalue weighted by molar-refractivity contribution is 0.0517. The third kappa shape index (κ3) is 3.32. The third-order valence-electron chi connectivity index (χ3n) is 6.88. The Morgan fingerprint density at radius 1 is 1.34 bits per heavy atom. The Labute approximate surface area is 187 Å². The lowest BCUT2D eigenvalue weighted by Gasteiger charge is -2.36. The van der Waals surface area contributed by atoms with Gasteiger partial charge in [-0.3, -0.25) is 9.48 Å². The van der Waals surface area contributed by atoms with Crippen molar-refractivity contribution in [1.82, 2.24) is 14.7 Å². The number of carbonyl (C=O) groups excluding carboxylic acids is 2. The molecule has 0 N–H and O–H groups in total. The van der Waals surface area contributed by atoms with Gasteiger partial charge in [0.05, 0.1) is 17.1 Å². The molecule has 4 rings (SSSR count). The summed E-state index contributed by atoms with van der Waals surface area (Å²) in [4.78, 5) is 32.5. The first kappa shape index (κ1) is 22.8. The van der Waals surface area contributed by atoms with Gasteiger partial charge in [0.2, 0.25) is 0 Å². The Bertz CT molecular complexity index is 1100. The lowest BCUT2D eigenvalue weighted by atomic mass is 10.0. The van der Waals surface area contributed by atoms with Gasteiger partial charge >= 0.3 is 5.97 Å². The van der Waals surface area contributed by atoms with Gasteiger partial charge in [-0.15, -0.1) is 0 Å². The van der Waals surface area contributed by atoms with Crippen molar-refractivity contribution in [2.45, 2.75) is 69.0 Å². The molecule has 1 atom stereocenters. The summed E-state index contributed by atoms with van der Waals surface area (Å²) in [5.41, 5.74) is 1.80. The summed E-state index contributed by atoms with van der Waals surface area (Å²) in [5, 5.41) is 8.13. The Balaban J connectivity index is 1.57. The van der Waals surface area contributed by atoms with E-state index in [2.05, 4.69) is 10.3 Å². The summed E-state index contributed by atoms with van der Waals surface area (Å²) < 4.78 is 31.8. The molecule has 1 saturated carbocycles. The molecule has 3 heterocycles. The van der Waals surface area contributed by atoms with Crippen LogP contribution < -0.4 is 0 Å². The number of nitrogens with zero attached hydrogens (tertiary/aromatic N) is 4. The SMILES string of the molecule is CCOC(=O)c1nn(C)c2c1CCN(CC1(S(=O)(=O)C(C)(C)C3CC(C)=NO3)CC1)C2=O. The third-order valence-corrected chi connectivity index (χ3v) is 10.2. The highest BCUT2D eigenvalue weighted by molar-refractivity contribution is 7.94. The number of hydrogen-bond acceptors (Lipinski definition) is 8. The number of hydrogen-bond donors (Lipinski definition) is 0. The number of ether oxygens (including phenoxy) is 1. The van der Waals surface area contributed by atoms with Crippen LogP contribution in [-0.4, -0.2) is 76.0 Å². The lowest BCUT2D eigenvalue weighted by Crippen LogP contribution is -2.54. The first-order chi connectivity index (χ1) is 14.9. The van der Waals surface area contributed by atoms with Gasteiger partial charge in [0.1, 0.15) is 10.4 Å². The second-order valence-corrected chi connectivity index (χ2v) is 12.3. The zero-order valence-electron chi connectivity index (χ0n) is 19.2. The monoisotopic (exact) mass is 466 g/mol. The molecule has 1 aromatic rings. The van der Waals surface area contributed by atoms with Crippen LogP contribution >= 0.6 is 0 Å². The average Bonchev–Trinajstić information content (AvgIpc) is 3.25. The van der Waals surface area contributed by atoms with Crippen molar-refractivity contribution in [3.05, 3.63) is 17.0 Å². The van der Waals surface area contributed by atoms with E-state index in [1.54, 1.807) is 32.7 Å². The second kappa shape index (κ2) is 7.57. The van der Waals surface area contributed by atoms with E-state index in [1.807, 2.05) is 6.92 Å². The number of sulfone groups is 1. The van der Waals surface area contributed by atoms with E-state index >= 15 is 0 Å². The molecule has 32 heavy (non-hydrogen) atoms. The van der Waals surface area contributed by atoms with Gasteiger partial charge in [0.25, 0.3) is 5.91 Å². The molecule has 0 radical (unpaired) electrons. The molecule has 1 unspecified atom stereocenters. The van der Waals surface area contributed by atoms with Crippen molar-refractivity contribution in [1.29, 1.82) is 0 Å². The van der Waals surface area contributed by atoms with Gasteiger partial charge in [-0.2, -0.15) is 5.10 Å². The van der Waals surface area contributed by atoms with Gasteiger partial charge in [-0.1, -0.05) is 5.16 Å². The molecule has 2 aliphatic heterocycles. The zero-order valence-corrected chi connectivity index (χ0v) is 20.0. The molecule has 11 heteroatoms. The maximum atomic E-state index is 13.7. The Kier molecular flexibility index (Phi) is 5.38. The number of carbonyl (C=O) groups is 2. The van der Waals surface area contributed by atoms with Crippen molar-refractivity contribution < 1.29 is 27.6 Å². The van der Waals surface area contributed by atoms with Gasteiger partial charge in [-0.25, -0.2) is 13.2 Å². The van der Waals surface area contributed by atoms with Gasteiger partial charge < -0.3 is 14.5 Å². The van der Waals surface area contributed by atoms with Crippen LogP contribution in [0.1, 0.15) is 73.5 Å². The molecule has 1 aromatic heterocycles. The number of aryl methyl sites for hydroxylation is 1. The smallest absolute Gasteiger partial charge is 0.359 e. The number of aromatic nitrogens is 2. The molecule has 1 amide bonds. The molecule has 1 fully saturated rings. The van der Waals surface area contributed by atoms with E-state index in [1.165, 1.54) is 4.68 Å². The first-order valence-corrected chi connectivity index (χ1v) is 12.4. The minimum absolute atomic E-state index is 0.115. The fourth-order valence-corrected chi connectivity index (χ4v) is 7.24. The molecule has 0 spiro atoms. The minimum atomic E-state index is -3.65. The molecular formula is C21H30N4O6S. The number of rotatable bonds is 7. The predicted molar refractivity (Wildman–Crippen MR) is 116 cm³/mol. The highest BCUT2D eigenvalue weighted by Gasteiger charge is 2.63. The number of amides is 1. The van der Waals surface area contributed by atoms with E-state index in [0.717, 1.165) is 5.71 Å². The highest BCUT2D eigenvalue weighted by atomic mass is 32.2. The number of fused-ring (bicyclic) bond motifs is 1. The molecule has 0 aromatic carbocycles. The summed E-state index contributed by atoms with van der Waals surface area (Å²) >= 11 is 0. The Morgan fingerprint density at radius 2 is 2.03 bits per heavy atom. The van der Waals surface area contributed by atoms with Crippen molar-refractivity contribution in [3.8, 4) is 0 Å². The minimum Gasteiger partial charge on any atom is -0.461 e. The molecule has 1 aliphatic carbocycles. The molecule has 0 bridgehead atoms. The van der Waals surface area contributed by atoms with Crippen LogP contribution in [0.25, 0.3) is 0 Å². The van der Waals surface area contributed by atoms with E-state index < -0.39 is 31.4 Å². The number of esters is 1. The maximum Gasteiger partial charge on any atom is 0.359 e. The van der Waals surface area contributed by atoms with Crippen molar-refractivity contribution in [2.24, 2.45) is 12.2 Å². The fraction of sp³-hybridized carbons (Fsp3) is 0.714. The van der Waals surface area contributed by atoms with E-state index in [0.29, 0.717) is 43.5 Å². The molecule has 3 aliphatic rings. The fourth-order valence-electron chi connectivity index (χ4n) is 4.68. The van der Waals surface area contributed by atoms with Crippen LogP contribution in [0.2, 0.25) is 0 Å². The molecule has 10 nitrogen and oxygen atoms in total. The average molecular weight is 467 g/mol. The van der Waals surface area contributed by atoms with Crippen LogP contribution in [-0.2, 0) is 32.9 Å². The van der Waals surface area contributed by atoms with Crippen molar-refractivity contribution >= 4 is 27.4 Å². The van der Waals surface area contributed by atoms with E-state index in [-0.39, 0.29) is 24.8 Å². The van der Waals surface area contributed by atoms with Crippen LogP contribution in [0.4, 0.5) is 0 Å². The Morgan fingerprint density at radius 3 is 2.59 bits per heavy atom. The van der Waals surface area contributed by atoms with E-state index in [9.17, 15) is 18.0 Å². The van der Waals surface area contributed by atoms with E-state index in [4.69, 9.17) is 9.57 Å². The summed E-state index contributed by atoms with van der Waals surface area (Å²) in [6.45, 7) is 7.55. The van der Waals surface area contributed by atoms with Crippen LogP contribution in [0, 0.1) is 0 Å². The molecule has 176 valence electrons. The normalized spacial score (nSPS) is 22.3. The van der Waals surface area contributed by atoms with Crippen LogP contribution in [0.5, 0.6) is 0 Å². The molecular weight excluding hydrogens is 436 g/mol. The second-order valence-electron chi connectivity index (χ2n) is 9.41. The van der Waals surface area contributed by atoms with Crippen molar-refractivity contribution in [2.75, 3.05) is 19.7 Å². The summed E-state index contributed by atoms with van der Waals surface area (Å²) in [6, 6.07) is 0. The summed E-state index contributed by atoms with van der Waals surface area (Å²) in [5.74, 6) is -0.866. The quantitative estimate of drug-likeness (QED) is 0.558. The van der Waals surface area contributed by atoms with Crippen LogP contribution in [0.3, 0.4) is 0 Å².